The number of pyridine rings is 1. The Balaban J connectivity index is 2.16. The third-order valence-corrected chi connectivity index (χ3v) is 4.26. The van der Waals surface area contributed by atoms with Crippen molar-refractivity contribution >= 4 is 10.0 Å². The van der Waals surface area contributed by atoms with Crippen LogP contribution in [0.25, 0.3) is 0 Å². The molecule has 0 bridgehead atoms. The number of nitrogens with one attached hydrogen (secondary N) is 1. The van der Waals surface area contributed by atoms with Crippen molar-refractivity contribution in [2.45, 2.75) is 24.4 Å². The summed E-state index contributed by atoms with van der Waals surface area (Å²) in [5.74, 6) is 0. The Labute approximate surface area is 118 Å². The van der Waals surface area contributed by atoms with Crippen molar-refractivity contribution < 1.29 is 8.42 Å². The molecule has 0 aliphatic carbocycles. The van der Waals surface area contributed by atoms with E-state index < -0.39 is 10.0 Å². The van der Waals surface area contributed by atoms with Gasteiger partial charge in [0.25, 0.3) is 0 Å². The van der Waals surface area contributed by atoms with Crippen molar-refractivity contribution in [2.24, 2.45) is 5.73 Å². The zero-order chi connectivity index (χ0) is 14.6. The third-order valence-electron chi connectivity index (χ3n) is 2.86. The maximum absolute atomic E-state index is 12.2. The van der Waals surface area contributed by atoms with Gasteiger partial charge in [0.05, 0.1) is 17.1 Å². The molecule has 0 saturated heterocycles. The monoisotopic (exact) mass is 291 g/mol. The van der Waals surface area contributed by atoms with Crippen LogP contribution in [-0.4, -0.2) is 13.4 Å². The minimum Gasteiger partial charge on any atom is -0.324 e. The summed E-state index contributed by atoms with van der Waals surface area (Å²) in [4.78, 5) is 4.29. The molecule has 1 unspecified atom stereocenters. The highest BCUT2D eigenvalue weighted by Crippen LogP contribution is 2.16. The van der Waals surface area contributed by atoms with Crippen molar-refractivity contribution in [1.82, 2.24) is 9.71 Å². The van der Waals surface area contributed by atoms with E-state index in [4.69, 9.17) is 5.73 Å². The summed E-state index contributed by atoms with van der Waals surface area (Å²) < 4.78 is 26.9. The third kappa shape index (κ3) is 3.63. The van der Waals surface area contributed by atoms with Crippen molar-refractivity contribution in [2.75, 3.05) is 0 Å². The topological polar surface area (TPSA) is 85.1 Å². The van der Waals surface area contributed by atoms with Crippen LogP contribution in [0.2, 0.25) is 0 Å². The molecule has 2 aromatic rings. The first-order valence-corrected chi connectivity index (χ1v) is 7.72. The highest BCUT2D eigenvalue weighted by atomic mass is 32.2. The SMILES string of the molecule is CC(N)c1cccc(S(=O)(=O)NCc2ccccn2)c1. The zero-order valence-corrected chi connectivity index (χ0v) is 12.0. The molecule has 106 valence electrons. The smallest absolute Gasteiger partial charge is 0.240 e. The van der Waals surface area contributed by atoms with Gasteiger partial charge in [-0.15, -0.1) is 0 Å². The summed E-state index contributed by atoms with van der Waals surface area (Å²) in [6.45, 7) is 1.97. The summed E-state index contributed by atoms with van der Waals surface area (Å²) in [6.07, 6.45) is 1.63. The molecule has 20 heavy (non-hydrogen) atoms. The van der Waals surface area contributed by atoms with Crippen LogP contribution in [0, 0.1) is 0 Å². The van der Waals surface area contributed by atoms with Gasteiger partial charge in [-0.3, -0.25) is 4.98 Å². The second kappa shape index (κ2) is 6.13. The van der Waals surface area contributed by atoms with Gasteiger partial charge in [0.1, 0.15) is 0 Å². The lowest BCUT2D eigenvalue weighted by molar-refractivity contribution is 0.580. The number of sulfonamides is 1. The molecule has 0 radical (unpaired) electrons. The largest absolute Gasteiger partial charge is 0.324 e. The first-order chi connectivity index (χ1) is 9.49. The molecular weight excluding hydrogens is 274 g/mol. The molecule has 0 amide bonds. The number of aromatic nitrogens is 1. The lowest BCUT2D eigenvalue weighted by Crippen LogP contribution is -2.24. The average molecular weight is 291 g/mol. The Morgan fingerprint density at radius 2 is 2.05 bits per heavy atom. The Kier molecular flexibility index (Phi) is 4.49. The van der Waals surface area contributed by atoms with Gasteiger partial charge in [0.15, 0.2) is 0 Å². The van der Waals surface area contributed by atoms with Crippen molar-refractivity contribution in [3.05, 3.63) is 59.9 Å². The van der Waals surface area contributed by atoms with E-state index in [0.29, 0.717) is 5.69 Å². The number of rotatable bonds is 5. The van der Waals surface area contributed by atoms with Gasteiger partial charge in [0, 0.05) is 12.2 Å². The predicted octanol–water partition coefficient (Wildman–Crippen LogP) is 1.58. The zero-order valence-electron chi connectivity index (χ0n) is 11.2. The summed E-state index contributed by atoms with van der Waals surface area (Å²) in [6, 6.07) is 11.8. The molecule has 0 saturated carbocycles. The molecule has 1 aromatic carbocycles. The average Bonchev–Trinajstić information content (AvgIpc) is 2.46. The van der Waals surface area contributed by atoms with Gasteiger partial charge < -0.3 is 5.73 Å². The van der Waals surface area contributed by atoms with Crippen LogP contribution in [0.5, 0.6) is 0 Å². The van der Waals surface area contributed by atoms with Crippen LogP contribution >= 0.6 is 0 Å². The van der Waals surface area contributed by atoms with Gasteiger partial charge >= 0.3 is 0 Å². The van der Waals surface area contributed by atoms with Gasteiger partial charge in [-0.05, 0) is 36.8 Å². The number of benzene rings is 1. The lowest BCUT2D eigenvalue weighted by atomic mass is 10.1. The van der Waals surface area contributed by atoms with E-state index in [1.54, 1.807) is 36.5 Å². The van der Waals surface area contributed by atoms with E-state index in [0.717, 1.165) is 5.56 Å². The molecule has 0 fully saturated rings. The van der Waals surface area contributed by atoms with E-state index in [1.807, 2.05) is 19.1 Å². The molecule has 1 atom stereocenters. The molecule has 0 aliphatic heterocycles. The molecule has 2 rings (SSSR count). The minimum atomic E-state index is -3.56. The van der Waals surface area contributed by atoms with Crippen LogP contribution < -0.4 is 10.5 Å². The molecular formula is C14H17N3O2S. The van der Waals surface area contributed by atoms with Crippen LogP contribution in [0.1, 0.15) is 24.2 Å². The quantitative estimate of drug-likeness (QED) is 0.876. The van der Waals surface area contributed by atoms with E-state index in [-0.39, 0.29) is 17.5 Å². The number of nitrogens with two attached hydrogens (primary N) is 1. The van der Waals surface area contributed by atoms with Gasteiger partial charge in [0.2, 0.25) is 10.0 Å². The molecule has 6 heteroatoms. The van der Waals surface area contributed by atoms with E-state index in [2.05, 4.69) is 9.71 Å². The van der Waals surface area contributed by atoms with Crippen molar-refractivity contribution in [3.63, 3.8) is 0 Å². The van der Waals surface area contributed by atoms with E-state index >= 15 is 0 Å². The molecule has 5 nitrogen and oxygen atoms in total. The predicted molar refractivity (Wildman–Crippen MR) is 77.3 cm³/mol. The Hall–Kier alpha value is -1.76. The molecule has 1 aromatic heterocycles. The van der Waals surface area contributed by atoms with Gasteiger partial charge in [-0.1, -0.05) is 18.2 Å². The van der Waals surface area contributed by atoms with Crippen LogP contribution in [0.15, 0.2) is 53.6 Å². The Morgan fingerprint density at radius 3 is 2.70 bits per heavy atom. The summed E-state index contributed by atoms with van der Waals surface area (Å²) in [5.41, 5.74) is 7.21. The summed E-state index contributed by atoms with van der Waals surface area (Å²) in [5, 5.41) is 0. The molecule has 0 aliphatic rings. The lowest BCUT2D eigenvalue weighted by Gasteiger charge is -2.10. The maximum atomic E-state index is 12.2. The van der Waals surface area contributed by atoms with Gasteiger partial charge in [-0.2, -0.15) is 0 Å². The first-order valence-electron chi connectivity index (χ1n) is 6.24. The summed E-state index contributed by atoms with van der Waals surface area (Å²) >= 11 is 0. The minimum absolute atomic E-state index is 0.158. The second-order valence-electron chi connectivity index (χ2n) is 4.51. The molecule has 3 N–H and O–H groups in total. The Bertz CT molecular complexity index is 670. The number of hydrogen-bond acceptors (Lipinski definition) is 4. The second-order valence-corrected chi connectivity index (χ2v) is 6.27. The van der Waals surface area contributed by atoms with E-state index in [1.165, 1.54) is 0 Å². The summed E-state index contributed by atoms with van der Waals surface area (Å²) in [7, 11) is -3.56. The number of hydrogen-bond donors (Lipinski definition) is 2. The fourth-order valence-electron chi connectivity index (χ4n) is 1.72. The molecule has 1 heterocycles. The standard InChI is InChI=1S/C14H17N3O2S/c1-11(15)12-5-4-7-14(9-12)20(18,19)17-10-13-6-2-3-8-16-13/h2-9,11,17H,10,15H2,1H3. The fourth-order valence-corrected chi connectivity index (χ4v) is 2.77. The highest BCUT2D eigenvalue weighted by Gasteiger charge is 2.15. The van der Waals surface area contributed by atoms with Crippen molar-refractivity contribution in [1.29, 1.82) is 0 Å². The normalized spacial score (nSPS) is 13.1. The first kappa shape index (κ1) is 14.6. The van der Waals surface area contributed by atoms with Crippen LogP contribution in [0.3, 0.4) is 0 Å². The van der Waals surface area contributed by atoms with Crippen molar-refractivity contribution in [3.8, 4) is 0 Å². The Morgan fingerprint density at radius 1 is 1.25 bits per heavy atom. The van der Waals surface area contributed by atoms with Crippen LogP contribution in [-0.2, 0) is 16.6 Å². The maximum Gasteiger partial charge on any atom is 0.240 e. The highest BCUT2D eigenvalue weighted by molar-refractivity contribution is 7.89. The van der Waals surface area contributed by atoms with Crippen LogP contribution in [0.4, 0.5) is 0 Å². The molecule has 0 spiro atoms. The van der Waals surface area contributed by atoms with E-state index in [9.17, 15) is 8.42 Å². The number of nitrogens with zero attached hydrogens (tertiary/aromatic N) is 1. The fraction of sp³-hybridized carbons (Fsp3) is 0.214. The van der Waals surface area contributed by atoms with Gasteiger partial charge in [-0.25, -0.2) is 13.1 Å².